The second-order valence-electron chi connectivity index (χ2n) is 5.25. The van der Waals surface area contributed by atoms with E-state index < -0.39 is 0 Å². The van der Waals surface area contributed by atoms with E-state index in [4.69, 9.17) is 9.84 Å². The quantitative estimate of drug-likeness (QED) is 0.821. The number of benzene rings is 1. The van der Waals surface area contributed by atoms with Crippen LogP contribution in [-0.2, 0) is 11.4 Å². The molecule has 4 heteroatoms. The average molecular weight is 263 g/mol. The molecule has 1 aliphatic carbocycles. The topological polar surface area (TPSA) is 58.6 Å². The van der Waals surface area contributed by atoms with Gasteiger partial charge in [-0.15, -0.1) is 0 Å². The fourth-order valence-corrected chi connectivity index (χ4v) is 2.13. The Bertz CT molecular complexity index is 443. The summed E-state index contributed by atoms with van der Waals surface area (Å²) >= 11 is 0. The Balaban J connectivity index is 1.89. The normalized spacial score (nSPS) is 14.3. The zero-order valence-electron chi connectivity index (χ0n) is 11.5. The Labute approximate surface area is 113 Å². The minimum atomic E-state index is -0.0723. The van der Waals surface area contributed by atoms with Gasteiger partial charge in [-0.1, -0.05) is 12.1 Å². The Morgan fingerprint density at radius 3 is 2.53 bits per heavy atom. The summed E-state index contributed by atoms with van der Waals surface area (Å²) in [4.78, 5) is 11.6. The van der Waals surface area contributed by atoms with Gasteiger partial charge in [0, 0.05) is 6.54 Å². The van der Waals surface area contributed by atoms with Crippen LogP contribution in [-0.4, -0.2) is 24.2 Å². The lowest BCUT2D eigenvalue weighted by Gasteiger charge is -2.13. The van der Waals surface area contributed by atoms with Crippen molar-refractivity contribution in [1.82, 2.24) is 5.32 Å². The molecule has 0 spiro atoms. The SMILES string of the molecule is Cc1cc(CO)cc(C)c1OCC(=O)NCC1CC1. The summed E-state index contributed by atoms with van der Waals surface area (Å²) in [6, 6.07) is 3.76. The van der Waals surface area contributed by atoms with Crippen molar-refractivity contribution in [3.8, 4) is 5.75 Å². The number of carbonyl (C=O) groups is 1. The van der Waals surface area contributed by atoms with Crippen molar-refractivity contribution in [3.63, 3.8) is 0 Å². The van der Waals surface area contributed by atoms with Gasteiger partial charge in [0.2, 0.25) is 0 Å². The molecule has 0 aromatic heterocycles. The van der Waals surface area contributed by atoms with Crippen LogP contribution in [0.15, 0.2) is 12.1 Å². The summed E-state index contributed by atoms with van der Waals surface area (Å²) in [5.41, 5.74) is 2.75. The first-order chi connectivity index (χ1) is 9.10. The third-order valence-corrected chi connectivity index (χ3v) is 3.34. The number of hydrogen-bond donors (Lipinski definition) is 2. The predicted octanol–water partition coefficient (Wildman–Crippen LogP) is 1.70. The fourth-order valence-electron chi connectivity index (χ4n) is 2.13. The summed E-state index contributed by atoms with van der Waals surface area (Å²) in [5, 5.41) is 12.0. The van der Waals surface area contributed by atoms with Crippen LogP contribution in [0.4, 0.5) is 0 Å². The molecule has 2 rings (SSSR count). The van der Waals surface area contributed by atoms with E-state index in [0.29, 0.717) is 5.92 Å². The van der Waals surface area contributed by atoms with E-state index in [1.807, 2.05) is 26.0 Å². The Kier molecular flexibility index (Phi) is 4.43. The van der Waals surface area contributed by atoms with Crippen molar-refractivity contribution in [1.29, 1.82) is 0 Å². The molecule has 0 bridgehead atoms. The van der Waals surface area contributed by atoms with Gasteiger partial charge in [-0.25, -0.2) is 0 Å². The van der Waals surface area contributed by atoms with E-state index in [1.165, 1.54) is 12.8 Å². The maximum absolute atomic E-state index is 11.6. The molecular formula is C15H21NO3. The molecular weight excluding hydrogens is 242 g/mol. The minimum absolute atomic E-state index is 0.0177. The molecule has 2 N–H and O–H groups in total. The van der Waals surface area contributed by atoms with E-state index >= 15 is 0 Å². The van der Waals surface area contributed by atoms with Gasteiger partial charge >= 0.3 is 0 Å². The predicted molar refractivity (Wildman–Crippen MR) is 73.1 cm³/mol. The highest BCUT2D eigenvalue weighted by Crippen LogP contribution is 2.27. The first-order valence-corrected chi connectivity index (χ1v) is 6.70. The number of aryl methyl sites for hydroxylation is 2. The highest BCUT2D eigenvalue weighted by molar-refractivity contribution is 5.77. The fraction of sp³-hybridized carbons (Fsp3) is 0.533. The van der Waals surface area contributed by atoms with Crippen LogP contribution in [0, 0.1) is 19.8 Å². The summed E-state index contributed by atoms with van der Waals surface area (Å²) < 4.78 is 5.59. The maximum atomic E-state index is 11.6. The molecule has 1 fully saturated rings. The average Bonchev–Trinajstić information content (AvgIpc) is 3.19. The molecule has 1 amide bonds. The van der Waals surface area contributed by atoms with Crippen molar-refractivity contribution in [2.24, 2.45) is 5.92 Å². The van der Waals surface area contributed by atoms with Crippen LogP contribution >= 0.6 is 0 Å². The van der Waals surface area contributed by atoms with E-state index in [1.54, 1.807) is 0 Å². The second-order valence-corrected chi connectivity index (χ2v) is 5.25. The number of ether oxygens (including phenoxy) is 1. The standard InChI is InChI=1S/C15H21NO3/c1-10-5-13(8-17)6-11(2)15(10)19-9-14(18)16-7-12-3-4-12/h5-6,12,17H,3-4,7-9H2,1-2H3,(H,16,18). The number of aliphatic hydroxyl groups excluding tert-OH is 1. The van der Waals surface area contributed by atoms with Crippen molar-refractivity contribution in [2.75, 3.05) is 13.2 Å². The van der Waals surface area contributed by atoms with Gasteiger partial charge in [0.05, 0.1) is 6.61 Å². The summed E-state index contributed by atoms with van der Waals surface area (Å²) in [6.45, 7) is 4.67. The lowest BCUT2D eigenvalue weighted by molar-refractivity contribution is -0.123. The summed E-state index contributed by atoms with van der Waals surface area (Å²) in [5.74, 6) is 1.34. The van der Waals surface area contributed by atoms with Crippen LogP contribution in [0.3, 0.4) is 0 Å². The van der Waals surface area contributed by atoms with E-state index in [0.717, 1.165) is 29.0 Å². The van der Waals surface area contributed by atoms with Gasteiger partial charge < -0.3 is 15.2 Å². The second kappa shape index (κ2) is 6.06. The third-order valence-electron chi connectivity index (χ3n) is 3.34. The van der Waals surface area contributed by atoms with Gasteiger partial charge in [-0.05, 0) is 49.3 Å². The number of nitrogens with one attached hydrogen (secondary N) is 1. The van der Waals surface area contributed by atoms with Crippen molar-refractivity contribution in [3.05, 3.63) is 28.8 Å². The molecule has 0 radical (unpaired) electrons. The van der Waals surface area contributed by atoms with Crippen LogP contribution in [0.5, 0.6) is 5.75 Å². The van der Waals surface area contributed by atoms with Gasteiger partial charge in [-0.2, -0.15) is 0 Å². The van der Waals surface area contributed by atoms with E-state index in [2.05, 4.69) is 5.32 Å². The third kappa shape index (κ3) is 3.96. The maximum Gasteiger partial charge on any atom is 0.257 e. The Morgan fingerprint density at radius 2 is 2.00 bits per heavy atom. The molecule has 0 heterocycles. The van der Waals surface area contributed by atoms with Gasteiger partial charge in [0.25, 0.3) is 5.91 Å². The highest BCUT2D eigenvalue weighted by atomic mass is 16.5. The van der Waals surface area contributed by atoms with Crippen molar-refractivity contribution >= 4 is 5.91 Å². The van der Waals surface area contributed by atoms with E-state index in [-0.39, 0.29) is 19.1 Å². The van der Waals surface area contributed by atoms with E-state index in [9.17, 15) is 4.79 Å². The molecule has 19 heavy (non-hydrogen) atoms. The molecule has 4 nitrogen and oxygen atoms in total. The summed E-state index contributed by atoms with van der Waals surface area (Å²) in [6.07, 6.45) is 2.45. The smallest absolute Gasteiger partial charge is 0.257 e. The molecule has 0 aliphatic heterocycles. The number of hydrogen-bond acceptors (Lipinski definition) is 3. The highest BCUT2D eigenvalue weighted by Gasteiger charge is 2.21. The molecule has 104 valence electrons. The van der Waals surface area contributed by atoms with Crippen LogP contribution < -0.4 is 10.1 Å². The minimum Gasteiger partial charge on any atom is -0.483 e. The largest absolute Gasteiger partial charge is 0.483 e. The lowest BCUT2D eigenvalue weighted by atomic mass is 10.1. The van der Waals surface area contributed by atoms with Crippen LogP contribution in [0.1, 0.15) is 29.5 Å². The Morgan fingerprint density at radius 1 is 1.37 bits per heavy atom. The van der Waals surface area contributed by atoms with Gasteiger partial charge in [0.1, 0.15) is 5.75 Å². The Hall–Kier alpha value is -1.55. The number of amides is 1. The molecule has 1 aromatic carbocycles. The monoisotopic (exact) mass is 263 g/mol. The molecule has 0 atom stereocenters. The lowest BCUT2D eigenvalue weighted by Crippen LogP contribution is -2.30. The van der Waals surface area contributed by atoms with Crippen LogP contribution in [0.2, 0.25) is 0 Å². The van der Waals surface area contributed by atoms with Crippen LogP contribution in [0.25, 0.3) is 0 Å². The summed E-state index contributed by atoms with van der Waals surface area (Å²) in [7, 11) is 0. The zero-order valence-corrected chi connectivity index (χ0v) is 11.5. The molecule has 1 aromatic rings. The number of aliphatic hydroxyl groups is 1. The first-order valence-electron chi connectivity index (χ1n) is 6.70. The number of rotatable bonds is 6. The molecule has 1 saturated carbocycles. The van der Waals surface area contributed by atoms with Gasteiger partial charge in [0.15, 0.2) is 6.61 Å². The van der Waals surface area contributed by atoms with Crippen molar-refractivity contribution in [2.45, 2.75) is 33.3 Å². The number of carbonyl (C=O) groups excluding carboxylic acids is 1. The molecule has 0 unspecified atom stereocenters. The first kappa shape index (κ1) is 13.9. The van der Waals surface area contributed by atoms with Gasteiger partial charge in [-0.3, -0.25) is 4.79 Å². The molecule has 0 saturated heterocycles. The van der Waals surface area contributed by atoms with Crippen molar-refractivity contribution < 1.29 is 14.6 Å². The molecule has 1 aliphatic rings. The zero-order chi connectivity index (χ0) is 13.8.